The van der Waals surface area contributed by atoms with Gasteiger partial charge in [0.05, 0.1) is 5.69 Å². The Labute approximate surface area is 160 Å². The number of benzene rings is 1. The maximum absolute atomic E-state index is 12.8. The molecule has 0 spiro atoms. The maximum atomic E-state index is 12.8. The molecule has 0 saturated heterocycles. The fourth-order valence-electron chi connectivity index (χ4n) is 3.23. The molecule has 0 atom stereocenters. The van der Waals surface area contributed by atoms with Crippen molar-refractivity contribution in [3.05, 3.63) is 65.5 Å². The topological polar surface area (TPSA) is 60.2 Å². The normalized spacial score (nSPS) is 13.3. The van der Waals surface area contributed by atoms with Crippen LogP contribution in [0.1, 0.15) is 21.5 Å². The Bertz CT molecular complexity index is 1000. The Morgan fingerprint density at radius 1 is 1.18 bits per heavy atom. The number of ether oxygens (including phenoxy) is 1. The van der Waals surface area contributed by atoms with Crippen LogP contribution >= 0.6 is 0 Å². The Balaban J connectivity index is 1.48. The summed E-state index contributed by atoms with van der Waals surface area (Å²) < 4.78 is 31.6. The lowest BCUT2D eigenvalue weighted by Gasteiger charge is -2.16. The number of carbonyl (C=O) groups excluding carboxylic acids is 1. The van der Waals surface area contributed by atoms with Crippen molar-refractivity contribution in [3.8, 4) is 17.1 Å². The molecule has 0 unspecified atom stereocenters. The molecule has 1 aromatic carbocycles. The molecule has 0 saturated carbocycles. The van der Waals surface area contributed by atoms with Crippen molar-refractivity contribution in [2.75, 3.05) is 6.61 Å². The minimum absolute atomic E-state index is 0.0317. The number of halogens is 2. The molecule has 144 valence electrons. The van der Waals surface area contributed by atoms with Crippen LogP contribution in [0.3, 0.4) is 0 Å². The molecule has 4 rings (SSSR count). The van der Waals surface area contributed by atoms with E-state index < -0.39 is 13.0 Å². The maximum Gasteiger partial charge on any atom is 0.272 e. The average Bonchev–Trinajstić information content (AvgIpc) is 3.25. The summed E-state index contributed by atoms with van der Waals surface area (Å²) in [6, 6.07) is 11.5. The van der Waals surface area contributed by atoms with Gasteiger partial charge in [0.25, 0.3) is 12.3 Å². The summed E-state index contributed by atoms with van der Waals surface area (Å²) >= 11 is 0. The minimum atomic E-state index is -2.62. The zero-order valence-electron chi connectivity index (χ0n) is 15.2. The molecule has 0 radical (unpaired) electrons. The molecule has 0 N–H and O–H groups in total. The summed E-state index contributed by atoms with van der Waals surface area (Å²) in [5.74, 6) is -0.294. The highest BCUT2D eigenvalue weighted by atomic mass is 19.3. The van der Waals surface area contributed by atoms with E-state index in [0.717, 1.165) is 22.4 Å². The molecule has 1 aliphatic rings. The van der Waals surface area contributed by atoms with Gasteiger partial charge < -0.3 is 9.64 Å². The summed E-state index contributed by atoms with van der Waals surface area (Å²) in [5, 5.41) is 4.37. The first-order valence-electron chi connectivity index (χ1n) is 8.78. The van der Waals surface area contributed by atoms with Crippen LogP contribution in [0.15, 0.2) is 48.8 Å². The largest absolute Gasteiger partial charge is 0.471 e. The average molecular weight is 384 g/mol. The van der Waals surface area contributed by atoms with Crippen LogP contribution in [0.4, 0.5) is 8.78 Å². The van der Waals surface area contributed by atoms with Gasteiger partial charge >= 0.3 is 0 Å². The van der Waals surface area contributed by atoms with Gasteiger partial charge in [0.1, 0.15) is 5.56 Å². The number of nitrogens with zero attached hydrogens (tertiary/aromatic N) is 4. The molecule has 1 aliphatic heterocycles. The van der Waals surface area contributed by atoms with E-state index >= 15 is 0 Å². The molecule has 28 heavy (non-hydrogen) atoms. The van der Waals surface area contributed by atoms with E-state index in [2.05, 4.69) is 10.1 Å². The molecule has 3 heterocycles. The van der Waals surface area contributed by atoms with E-state index in [1.165, 1.54) is 6.20 Å². The fourth-order valence-corrected chi connectivity index (χ4v) is 3.23. The summed E-state index contributed by atoms with van der Waals surface area (Å²) in [6.45, 7) is 0.0136. The molecule has 1 amide bonds. The van der Waals surface area contributed by atoms with Gasteiger partial charge in [0.2, 0.25) is 5.88 Å². The smallest absolute Gasteiger partial charge is 0.272 e. The Morgan fingerprint density at radius 3 is 2.64 bits per heavy atom. The summed E-state index contributed by atoms with van der Waals surface area (Å²) in [7, 11) is 1.86. The van der Waals surface area contributed by atoms with Crippen molar-refractivity contribution in [1.29, 1.82) is 0 Å². The van der Waals surface area contributed by atoms with Gasteiger partial charge in [-0.15, -0.1) is 0 Å². The number of hydrogen-bond donors (Lipinski definition) is 0. The standard InChI is InChI=1S/C20H18F2N4O2/c1-25-9-7-16(24-25)14-4-2-13(3-5-14)10-26-11-15-6-8-23-19(18(15)20(26)27)28-12-17(21)22/h2-9,17H,10-12H2,1H3. The van der Waals surface area contributed by atoms with Crippen molar-refractivity contribution >= 4 is 5.91 Å². The highest BCUT2D eigenvalue weighted by Gasteiger charge is 2.31. The lowest BCUT2D eigenvalue weighted by molar-refractivity contribution is 0.0719. The van der Waals surface area contributed by atoms with Crippen LogP contribution < -0.4 is 4.74 Å². The Kier molecular flexibility index (Phi) is 4.77. The minimum Gasteiger partial charge on any atom is -0.471 e. The third-order valence-electron chi connectivity index (χ3n) is 4.55. The van der Waals surface area contributed by atoms with Crippen molar-refractivity contribution in [2.24, 2.45) is 7.05 Å². The van der Waals surface area contributed by atoms with Gasteiger partial charge in [-0.2, -0.15) is 5.10 Å². The van der Waals surface area contributed by atoms with Crippen LogP contribution in [0, 0.1) is 0 Å². The van der Waals surface area contributed by atoms with Gasteiger partial charge in [-0.1, -0.05) is 24.3 Å². The molecule has 6 nitrogen and oxygen atoms in total. The van der Waals surface area contributed by atoms with Crippen molar-refractivity contribution in [1.82, 2.24) is 19.7 Å². The van der Waals surface area contributed by atoms with E-state index in [-0.39, 0.29) is 17.4 Å². The first-order valence-corrected chi connectivity index (χ1v) is 8.78. The van der Waals surface area contributed by atoms with Gasteiger partial charge in [-0.25, -0.2) is 13.8 Å². The van der Waals surface area contributed by atoms with E-state index in [1.54, 1.807) is 15.6 Å². The van der Waals surface area contributed by atoms with Crippen molar-refractivity contribution in [3.63, 3.8) is 0 Å². The van der Waals surface area contributed by atoms with Crippen LogP contribution in [0.25, 0.3) is 11.3 Å². The highest BCUT2D eigenvalue weighted by molar-refractivity contribution is 6.00. The second-order valence-corrected chi connectivity index (χ2v) is 6.59. The summed E-state index contributed by atoms with van der Waals surface area (Å²) in [6.07, 6.45) is 0.728. The lowest BCUT2D eigenvalue weighted by Crippen LogP contribution is -2.23. The van der Waals surface area contributed by atoms with Gasteiger partial charge in [-0.3, -0.25) is 9.48 Å². The predicted molar refractivity (Wildman–Crippen MR) is 98.0 cm³/mol. The quantitative estimate of drug-likeness (QED) is 0.654. The fraction of sp³-hybridized carbons (Fsp3) is 0.250. The third kappa shape index (κ3) is 3.58. The molecule has 3 aromatic rings. The first-order chi connectivity index (χ1) is 13.5. The number of aryl methyl sites for hydroxylation is 1. The number of pyridine rings is 1. The first kappa shape index (κ1) is 18.1. The molecule has 0 bridgehead atoms. The zero-order valence-corrected chi connectivity index (χ0v) is 15.2. The van der Waals surface area contributed by atoms with Crippen LogP contribution in [0.5, 0.6) is 5.88 Å². The molecule has 0 fully saturated rings. The second-order valence-electron chi connectivity index (χ2n) is 6.59. The van der Waals surface area contributed by atoms with Gasteiger partial charge in [0, 0.05) is 38.1 Å². The second kappa shape index (κ2) is 7.38. The van der Waals surface area contributed by atoms with E-state index in [4.69, 9.17) is 4.74 Å². The Morgan fingerprint density at radius 2 is 1.96 bits per heavy atom. The number of carbonyl (C=O) groups is 1. The number of hydrogen-bond acceptors (Lipinski definition) is 4. The molecular formula is C20H18F2N4O2. The summed E-state index contributed by atoms with van der Waals surface area (Å²) in [4.78, 5) is 18.4. The third-order valence-corrected chi connectivity index (χ3v) is 4.55. The zero-order chi connectivity index (χ0) is 19.7. The highest BCUT2D eigenvalue weighted by Crippen LogP contribution is 2.30. The molecule has 2 aromatic heterocycles. The Hall–Kier alpha value is -3.29. The number of amides is 1. The van der Waals surface area contributed by atoms with E-state index in [9.17, 15) is 13.6 Å². The van der Waals surface area contributed by atoms with Crippen LogP contribution in [-0.4, -0.2) is 38.6 Å². The lowest BCUT2D eigenvalue weighted by atomic mass is 10.1. The number of alkyl halides is 2. The number of fused-ring (bicyclic) bond motifs is 1. The molecule has 0 aliphatic carbocycles. The van der Waals surface area contributed by atoms with E-state index in [1.807, 2.05) is 43.6 Å². The monoisotopic (exact) mass is 384 g/mol. The van der Waals surface area contributed by atoms with E-state index in [0.29, 0.717) is 13.1 Å². The molecule has 8 heteroatoms. The van der Waals surface area contributed by atoms with Gasteiger partial charge in [-0.05, 0) is 23.3 Å². The van der Waals surface area contributed by atoms with Crippen molar-refractivity contribution in [2.45, 2.75) is 19.5 Å². The van der Waals surface area contributed by atoms with Crippen molar-refractivity contribution < 1.29 is 18.3 Å². The predicted octanol–water partition coefficient (Wildman–Crippen LogP) is 3.28. The number of rotatable bonds is 6. The van der Waals surface area contributed by atoms with Crippen LogP contribution in [-0.2, 0) is 20.1 Å². The summed E-state index contributed by atoms with van der Waals surface area (Å²) in [5.41, 5.74) is 3.84. The van der Waals surface area contributed by atoms with Crippen LogP contribution in [0.2, 0.25) is 0 Å². The van der Waals surface area contributed by atoms with Gasteiger partial charge in [0.15, 0.2) is 6.61 Å². The molecular weight excluding hydrogens is 366 g/mol. The SMILES string of the molecule is Cn1ccc(-c2ccc(CN3Cc4ccnc(OCC(F)F)c4C3=O)cc2)n1. The number of aromatic nitrogens is 3.